The van der Waals surface area contributed by atoms with E-state index in [1.54, 1.807) is 13.3 Å². The van der Waals surface area contributed by atoms with Crippen LogP contribution in [0, 0.1) is 5.92 Å². The van der Waals surface area contributed by atoms with Crippen molar-refractivity contribution in [2.75, 3.05) is 60.4 Å². The van der Waals surface area contributed by atoms with Crippen LogP contribution in [0.5, 0.6) is 0 Å². The molecule has 0 spiro atoms. The largest absolute Gasteiger partial charge is 0.381 e. The number of rotatable bonds is 9. The summed E-state index contributed by atoms with van der Waals surface area (Å²) in [6.07, 6.45) is 12.5. The van der Waals surface area contributed by atoms with Gasteiger partial charge in [0.15, 0.2) is 0 Å². The molecule has 2 aromatic heterocycles. The Hall–Kier alpha value is -3.77. The Balaban J connectivity index is 1.35. The number of carbonyl (C=O) groups is 1. The molecular weight excluding hydrogens is 602 g/mol. The third kappa shape index (κ3) is 6.83. The fourth-order valence-corrected chi connectivity index (χ4v) is 8.41. The standard InChI is InChI=1S/C34H45N7O4S/c1-5-33(42)40-16-8-6-7-9-29(40)26-10-11-30(41-21-24(23(41)2)22-46(4,43)44)28-20-36-32(19-27(26)28)37-31-12-15-35-34(38-31)39-17-13-25(45-3)14-18-39/h5,10-12,15,19-20,23-25,29H,1,6-9,13-14,16-18,21-22H2,2-4H3,(H,35,36,37,38)/t23-,24-,29-/m1/s1. The summed E-state index contributed by atoms with van der Waals surface area (Å²) in [7, 11) is -1.31. The highest BCUT2D eigenvalue weighted by Gasteiger charge is 2.38. The van der Waals surface area contributed by atoms with Gasteiger partial charge in [-0.2, -0.15) is 4.98 Å². The lowest BCUT2D eigenvalue weighted by Crippen LogP contribution is -2.57. The van der Waals surface area contributed by atoms with Crippen LogP contribution in [-0.2, 0) is 19.4 Å². The average molecular weight is 648 g/mol. The van der Waals surface area contributed by atoms with Crippen LogP contribution in [0.25, 0.3) is 10.8 Å². The monoisotopic (exact) mass is 647 g/mol. The second-order valence-corrected chi connectivity index (χ2v) is 15.1. The van der Waals surface area contributed by atoms with Crippen LogP contribution in [0.2, 0.25) is 0 Å². The van der Waals surface area contributed by atoms with Gasteiger partial charge in [0, 0.05) is 75.0 Å². The highest BCUT2D eigenvalue weighted by atomic mass is 32.2. The van der Waals surface area contributed by atoms with Crippen molar-refractivity contribution in [1.82, 2.24) is 19.9 Å². The molecule has 3 aromatic rings. The number of hydrogen-bond donors (Lipinski definition) is 1. The first-order valence-corrected chi connectivity index (χ1v) is 18.4. The lowest BCUT2D eigenvalue weighted by molar-refractivity contribution is -0.128. The molecule has 46 heavy (non-hydrogen) atoms. The zero-order valence-electron chi connectivity index (χ0n) is 27.1. The van der Waals surface area contributed by atoms with Gasteiger partial charge in [-0.05, 0) is 67.8 Å². The maximum Gasteiger partial charge on any atom is 0.246 e. The maximum absolute atomic E-state index is 13.1. The summed E-state index contributed by atoms with van der Waals surface area (Å²) < 4.78 is 29.6. The van der Waals surface area contributed by atoms with E-state index in [1.165, 1.54) is 12.3 Å². The fourth-order valence-electron chi connectivity index (χ4n) is 7.25. The summed E-state index contributed by atoms with van der Waals surface area (Å²) in [5.41, 5.74) is 2.10. The SMILES string of the molecule is C=CC(=O)N1CCCCC[C@@H]1c1ccc(N2C[C@H](CS(C)(=O)=O)[C@H]2C)c2cnc(Nc3ccnc(N4CCC(OC)CC4)n3)cc12. The fraction of sp³-hybridized carbons (Fsp3) is 0.529. The van der Waals surface area contributed by atoms with Crippen LogP contribution < -0.4 is 15.1 Å². The van der Waals surface area contributed by atoms with E-state index in [-0.39, 0.29) is 35.8 Å². The molecule has 246 valence electrons. The van der Waals surface area contributed by atoms with Gasteiger partial charge < -0.3 is 24.8 Å². The molecule has 0 saturated carbocycles. The average Bonchev–Trinajstić information content (AvgIpc) is 3.31. The number of aromatic nitrogens is 3. The number of sulfone groups is 1. The molecule has 3 fully saturated rings. The van der Waals surface area contributed by atoms with Crippen molar-refractivity contribution >= 4 is 49.8 Å². The summed E-state index contributed by atoms with van der Waals surface area (Å²) in [4.78, 5) is 33.6. The molecule has 1 aromatic carbocycles. The summed E-state index contributed by atoms with van der Waals surface area (Å²) in [5, 5.41) is 5.40. The van der Waals surface area contributed by atoms with Crippen LogP contribution in [0.15, 0.2) is 49.3 Å². The Labute approximate surface area is 272 Å². The molecule has 0 unspecified atom stereocenters. The van der Waals surface area contributed by atoms with Crippen molar-refractivity contribution in [2.45, 2.75) is 63.6 Å². The van der Waals surface area contributed by atoms with Crippen LogP contribution in [0.1, 0.15) is 57.1 Å². The number of ether oxygens (including phenoxy) is 1. The van der Waals surface area contributed by atoms with E-state index in [2.05, 4.69) is 51.8 Å². The van der Waals surface area contributed by atoms with Gasteiger partial charge in [0.1, 0.15) is 21.5 Å². The summed E-state index contributed by atoms with van der Waals surface area (Å²) in [5.74, 6) is 2.18. The number of anilines is 4. The van der Waals surface area contributed by atoms with E-state index in [0.29, 0.717) is 30.7 Å². The van der Waals surface area contributed by atoms with Crippen molar-refractivity contribution in [3.63, 3.8) is 0 Å². The van der Waals surface area contributed by atoms with Crippen molar-refractivity contribution < 1.29 is 17.9 Å². The molecule has 1 N–H and O–H groups in total. The summed E-state index contributed by atoms with van der Waals surface area (Å²) >= 11 is 0. The van der Waals surface area contributed by atoms with E-state index < -0.39 is 9.84 Å². The van der Waals surface area contributed by atoms with Gasteiger partial charge in [-0.15, -0.1) is 0 Å². The quantitative estimate of drug-likeness (QED) is 0.322. The number of amides is 1. The van der Waals surface area contributed by atoms with Crippen LogP contribution in [0.4, 0.5) is 23.3 Å². The van der Waals surface area contributed by atoms with E-state index in [9.17, 15) is 13.2 Å². The lowest BCUT2D eigenvalue weighted by atomic mass is 9.88. The third-order valence-corrected chi connectivity index (χ3v) is 10.9. The molecule has 0 aliphatic carbocycles. The Morgan fingerprint density at radius 1 is 1.07 bits per heavy atom. The van der Waals surface area contributed by atoms with E-state index in [4.69, 9.17) is 14.7 Å². The van der Waals surface area contributed by atoms with Gasteiger partial charge in [-0.25, -0.2) is 18.4 Å². The van der Waals surface area contributed by atoms with Gasteiger partial charge >= 0.3 is 0 Å². The number of piperidine rings is 1. The molecule has 3 saturated heterocycles. The van der Waals surface area contributed by atoms with Gasteiger partial charge in [0.05, 0.1) is 17.9 Å². The Morgan fingerprint density at radius 2 is 1.87 bits per heavy atom. The van der Waals surface area contributed by atoms with Crippen molar-refractivity contribution in [2.24, 2.45) is 5.92 Å². The lowest BCUT2D eigenvalue weighted by Gasteiger charge is -2.48. The molecular formula is C34H45N7O4S. The highest BCUT2D eigenvalue weighted by molar-refractivity contribution is 7.90. The van der Waals surface area contributed by atoms with Crippen LogP contribution in [0.3, 0.4) is 0 Å². The van der Waals surface area contributed by atoms with Crippen LogP contribution in [-0.4, -0.2) is 91.6 Å². The third-order valence-electron chi connectivity index (χ3n) is 9.87. The number of benzene rings is 1. The molecule has 0 radical (unpaired) electrons. The number of nitrogens with one attached hydrogen (secondary N) is 1. The Bertz CT molecular complexity index is 1690. The smallest absolute Gasteiger partial charge is 0.246 e. The Kier molecular flexibility index (Phi) is 9.47. The number of methoxy groups -OCH3 is 1. The number of pyridine rings is 1. The topological polar surface area (TPSA) is 121 Å². The van der Waals surface area contributed by atoms with E-state index >= 15 is 0 Å². The van der Waals surface area contributed by atoms with Gasteiger partial charge in [0.25, 0.3) is 0 Å². The number of carbonyl (C=O) groups excluding carboxylic acids is 1. The minimum Gasteiger partial charge on any atom is -0.381 e. The molecule has 11 nitrogen and oxygen atoms in total. The number of nitrogens with zero attached hydrogens (tertiary/aromatic N) is 6. The van der Waals surface area contributed by atoms with E-state index in [1.807, 2.05) is 17.2 Å². The van der Waals surface area contributed by atoms with Crippen molar-refractivity contribution in [3.05, 3.63) is 54.9 Å². The first-order chi connectivity index (χ1) is 22.1. The van der Waals surface area contributed by atoms with E-state index in [0.717, 1.165) is 73.6 Å². The van der Waals surface area contributed by atoms with Crippen molar-refractivity contribution in [3.8, 4) is 0 Å². The molecule has 1 amide bonds. The normalized spacial score (nSPS) is 22.8. The summed E-state index contributed by atoms with van der Waals surface area (Å²) in [6.45, 7) is 8.90. The minimum atomic E-state index is -3.07. The molecule has 3 aliphatic heterocycles. The zero-order valence-corrected chi connectivity index (χ0v) is 27.9. The number of fused-ring (bicyclic) bond motifs is 1. The molecule has 5 heterocycles. The molecule has 12 heteroatoms. The predicted octanol–water partition coefficient (Wildman–Crippen LogP) is 4.88. The molecule has 0 bridgehead atoms. The number of likely N-dealkylation sites (tertiary alicyclic amines) is 1. The number of hydrogen-bond acceptors (Lipinski definition) is 10. The molecule has 6 rings (SSSR count). The second-order valence-electron chi connectivity index (χ2n) is 12.9. The van der Waals surface area contributed by atoms with Crippen molar-refractivity contribution in [1.29, 1.82) is 0 Å². The maximum atomic E-state index is 13.1. The van der Waals surface area contributed by atoms with Gasteiger partial charge in [-0.3, -0.25) is 4.79 Å². The summed E-state index contributed by atoms with van der Waals surface area (Å²) in [6, 6.07) is 8.14. The predicted molar refractivity (Wildman–Crippen MR) is 182 cm³/mol. The van der Waals surface area contributed by atoms with Crippen LogP contribution >= 0.6 is 0 Å². The molecule has 3 aliphatic rings. The first-order valence-electron chi connectivity index (χ1n) is 16.3. The zero-order chi connectivity index (χ0) is 32.4. The first kappa shape index (κ1) is 32.2. The minimum absolute atomic E-state index is 0.0560. The second kappa shape index (κ2) is 13.5. The highest BCUT2D eigenvalue weighted by Crippen LogP contribution is 2.42. The molecule has 3 atom stereocenters. The van der Waals surface area contributed by atoms with Gasteiger partial charge in [-0.1, -0.05) is 25.5 Å². The van der Waals surface area contributed by atoms with Gasteiger partial charge in [0.2, 0.25) is 11.9 Å². The Morgan fingerprint density at radius 3 is 2.59 bits per heavy atom.